The van der Waals surface area contributed by atoms with E-state index in [9.17, 15) is 8.78 Å². The first-order chi connectivity index (χ1) is 9.17. The lowest BCUT2D eigenvalue weighted by Crippen LogP contribution is -2.30. The highest BCUT2D eigenvalue weighted by molar-refractivity contribution is 5.37. The zero-order chi connectivity index (χ0) is 13.8. The summed E-state index contributed by atoms with van der Waals surface area (Å²) >= 11 is 0. The van der Waals surface area contributed by atoms with Gasteiger partial charge in [-0.05, 0) is 12.1 Å². The molecule has 0 aliphatic heterocycles. The summed E-state index contributed by atoms with van der Waals surface area (Å²) in [4.78, 5) is 0. The van der Waals surface area contributed by atoms with Crippen LogP contribution < -0.4 is 16.0 Å². The topological polar surface area (TPSA) is 47.3 Å². The standard InChI is InChI=1S/C14H14F2N2O/c1-19-9-6-7-11(13(16)8-9)14(18-17)10-4-2-3-5-12(10)15/h2-8,14,18H,17H2,1H3. The maximum atomic E-state index is 14.0. The van der Waals surface area contributed by atoms with Gasteiger partial charge in [0, 0.05) is 17.2 Å². The van der Waals surface area contributed by atoms with Crippen LogP contribution >= 0.6 is 0 Å². The second kappa shape index (κ2) is 5.77. The van der Waals surface area contributed by atoms with Crippen LogP contribution in [0.25, 0.3) is 0 Å². The molecule has 2 aromatic rings. The molecule has 0 spiro atoms. The minimum absolute atomic E-state index is 0.258. The van der Waals surface area contributed by atoms with E-state index in [0.717, 1.165) is 0 Å². The molecule has 0 aromatic heterocycles. The Morgan fingerprint density at radius 1 is 1.05 bits per heavy atom. The summed E-state index contributed by atoms with van der Waals surface area (Å²) in [5.74, 6) is 4.87. The minimum Gasteiger partial charge on any atom is -0.497 e. The van der Waals surface area contributed by atoms with Crippen molar-refractivity contribution in [3.05, 3.63) is 65.2 Å². The zero-order valence-corrected chi connectivity index (χ0v) is 10.4. The van der Waals surface area contributed by atoms with Gasteiger partial charge in [-0.25, -0.2) is 14.2 Å². The van der Waals surface area contributed by atoms with Gasteiger partial charge in [0.05, 0.1) is 13.2 Å². The van der Waals surface area contributed by atoms with Crippen LogP contribution in [0, 0.1) is 11.6 Å². The second-order valence-electron chi connectivity index (χ2n) is 4.01. The number of ether oxygens (including phenoxy) is 1. The predicted octanol–water partition coefficient (Wildman–Crippen LogP) is 2.53. The fraction of sp³-hybridized carbons (Fsp3) is 0.143. The molecule has 3 nitrogen and oxygen atoms in total. The van der Waals surface area contributed by atoms with Crippen LogP contribution in [0.2, 0.25) is 0 Å². The van der Waals surface area contributed by atoms with Crippen molar-refractivity contribution in [2.45, 2.75) is 6.04 Å². The van der Waals surface area contributed by atoms with Gasteiger partial charge in [0.15, 0.2) is 0 Å². The van der Waals surface area contributed by atoms with Gasteiger partial charge < -0.3 is 4.74 Å². The lowest BCUT2D eigenvalue weighted by atomic mass is 9.98. The lowest BCUT2D eigenvalue weighted by molar-refractivity contribution is 0.410. The van der Waals surface area contributed by atoms with Crippen molar-refractivity contribution in [1.82, 2.24) is 5.43 Å². The number of hydrazine groups is 1. The number of halogens is 2. The molecule has 19 heavy (non-hydrogen) atoms. The van der Waals surface area contributed by atoms with Crippen LogP contribution in [-0.2, 0) is 0 Å². The van der Waals surface area contributed by atoms with E-state index >= 15 is 0 Å². The summed E-state index contributed by atoms with van der Waals surface area (Å²) in [6.45, 7) is 0. The molecule has 0 saturated heterocycles. The Balaban J connectivity index is 2.46. The molecule has 0 aliphatic rings. The molecule has 5 heteroatoms. The van der Waals surface area contributed by atoms with Crippen molar-refractivity contribution in [3.63, 3.8) is 0 Å². The van der Waals surface area contributed by atoms with E-state index in [-0.39, 0.29) is 11.1 Å². The van der Waals surface area contributed by atoms with Crippen LogP contribution in [0.5, 0.6) is 5.75 Å². The quantitative estimate of drug-likeness (QED) is 0.659. The van der Waals surface area contributed by atoms with E-state index in [1.165, 1.54) is 25.3 Å². The number of nitrogens with two attached hydrogens (primary N) is 1. The molecular weight excluding hydrogens is 250 g/mol. The molecule has 0 amide bonds. The molecule has 2 rings (SSSR count). The third-order valence-corrected chi connectivity index (χ3v) is 2.90. The van der Waals surface area contributed by atoms with Crippen LogP contribution in [0.1, 0.15) is 17.2 Å². The fourth-order valence-electron chi connectivity index (χ4n) is 1.93. The van der Waals surface area contributed by atoms with Gasteiger partial charge in [0.1, 0.15) is 17.4 Å². The Kier molecular flexibility index (Phi) is 4.09. The smallest absolute Gasteiger partial charge is 0.132 e. The second-order valence-corrected chi connectivity index (χ2v) is 4.01. The highest BCUT2D eigenvalue weighted by atomic mass is 19.1. The van der Waals surface area contributed by atoms with Gasteiger partial charge >= 0.3 is 0 Å². The summed E-state index contributed by atoms with van der Waals surface area (Å²) in [5.41, 5.74) is 2.98. The predicted molar refractivity (Wildman–Crippen MR) is 68.5 cm³/mol. The zero-order valence-electron chi connectivity index (χ0n) is 10.4. The molecule has 3 N–H and O–H groups in total. The normalized spacial score (nSPS) is 12.2. The Bertz CT molecular complexity index is 575. The van der Waals surface area contributed by atoms with E-state index < -0.39 is 17.7 Å². The summed E-state index contributed by atoms with van der Waals surface area (Å²) in [6, 6.07) is 9.70. The fourth-order valence-corrected chi connectivity index (χ4v) is 1.93. The molecule has 1 unspecified atom stereocenters. The summed E-state index contributed by atoms with van der Waals surface area (Å²) in [5, 5.41) is 0. The van der Waals surface area contributed by atoms with E-state index in [0.29, 0.717) is 5.75 Å². The molecule has 0 bridgehead atoms. The molecule has 0 heterocycles. The number of rotatable bonds is 4. The first kappa shape index (κ1) is 13.5. The molecule has 100 valence electrons. The Labute approximate surface area is 110 Å². The van der Waals surface area contributed by atoms with Crippen molar-refractivity contribution in [1.29, 1.82) is 0 Å². The van der Waals surface area contributed by atoms with Crippen molar-refractivity contribution in [2.75, 3.05) is 7.11 Å². The van der Waals surface area contributed by atoms with Crippen LogP contribution in [0.3, 0.4) is 0 Å². The maximum absolute atomic E-state index is 14.0. The van der Waals surface area contributed by atoms with Crippen molar-refractivity contribution in [3.8, 4) is 5.75 Å². The Morgan fingerprint density at radius 2 is 1.74 bits per heavy atom. The van der Waals surface area contributed by atoms with Crippen molar-refractivity contribution < 1.29 is 13.5 Å². The highest BCUT2D eigenvalue weighted by Crippen LogP contribution is 2.27. The average Bonchev–Trinajstić information content (AvgIpc) is 2.43. The molecular formula is C14H14F2N2O. The molecule has 1 atom stereocenters. The molecule has 0 fully saturated rings. The highest BCUT2D eigenvalue weighted by Gasteiger charge is 2.19. The van der Waals surface area contributed by atoms with E-state index in [4.69, 9.17) is 10.6 Å². The third-order valence-electron chi connectivity index (χ3n) is 2.90. The number of hydrogen-bond donors (Lipinski definition) is 2. The first-order valence-corrected chi connectivity index (χ1v) is 5.71. The monoisotopic (exact) mass is 264 g/mol. The van der Waals surface area contributed by atoms with Gasteiger partial charge in [-0.3, -0.25) is 5.84 Å². The summed E-state index contributed by atoms with van der Waals surface area (Å²) in [6.07, 6.45) is 0. The van der Waals surface area contributed by atoms with E-state index in [1.54, 1.807) is 24.3 Å². The van der Waals surface area contributed by atoms with Gasteiger partial charge in [-0.15, -0.1) is 0 Å². The van der Waals surface area contributed by atoms with Gasteiger partial charge in [0.2, 0.25) is 0 Å². The maximum Gasteiger partial charge on any atom is 0.132 e. The van der Waals surface area contributed by atoms with Crippen LogP contribution in [-0.4, -0.2) is 7.11 Å². The molecule has 0 saturated carbocycles. The van der Waals surface area contributed by atoms with E-state index in [1.807, 2.05) is 0 Å². The Morgan fingerprint density at radius 3 is 2.32 bits per heavy atom. The van der Waals surface area contributed by atoms with Crippen LogP contribution in [0.4, 0.5) is 8.78 Å². The number of hydrogen-bond acceptors (Lipinski definition) is 3. The number of nitrogens with one attached hydrogen (secondary N) is 1. The largest absolute Gasteiger partial charge is 0.497 e. The van der Waals surface area contributed by atoms with Crippen LogP contribution in [0.15, 0.2) is 42.5 Å². The number of benzene rings is 2. The summed E-state index contributed by atoms with van der Waals surface area (Å²) in [7, 11) is 1.45. The minimum atomic E-state index is -0.757. The van der Waals surface area contributed by atoms with Gasteiger partial charge in [-0.1, -0.05) is 24.3 Å². The average molecular weight is 264 g/mol. The SMILES string of the molecule is COc1ccc(C(NN)c2ccccc2F)c(F)c1. The van der Waals surface area contributed by atoms with Crippen molar-refractivity contribution in [2.24, 2.45) is 5.84 Å². The Hall–Kier alpha value is -1.98. The first-order valence-electron chi connectivity index (χ1n) is 5.71. The lowest BCUT2D eigenvalue weighted by Gasteiger charge is -2.18. The molecule has 0 aliphatic carbocycles. The van der Waals surface area contributed by atoms with Gasteiger partial charge in [0.25, 0.3) is 0 Å². The number of methoxy groups -OCH3 is 1. The molecule has 2 aromatic carbocycles. The van der Waals surface area contributed by atoms with Gasteiger partial charge in [-0.2, -0.15) is 0 Å². The van der Waals surface area contributed by atoms with E-state index in [2.05, 4.69) is 5.43 Å². The summed E-state index contributed by atoms with van der Waals surface area (Å²) < 4.78 is 32.7. The van der Waals surface area contributed by atoms with Crippen molar-refractivity contribution >= 4 is 0 Å². The third kappa shape index (κ3) is 2.72. The molecule has 0 radical (unpaired) electrons.